The van der Waals surface area contributed by atoms with E-state index >= 15 is 0 Å². The number of carbonyl (C=O) groups excluding carboxylic acids is 2. The molecule has 0 saturated carbocycles. The fraction of sp³-hybridized carbons (Fsp3) is 0.150. The first kappa shape index (κ1) is 19.5. The minimum absolute atomic E-state index is 0.0163. The molecule has 0 atom stereocenters. The number of carbonyl (C=O) groups is 2. The summed E-state index contributed by atoms with van der Waals surface area (Å²) in [4.78, 5) is 30.1. The third-order valence-corrected chi connectivity index (χ3v) is 4.86. The number of hydrogen-bond acceptors (Lipinski definition) is 6. The van der Waals surface area contributed by atoms with E-state index < -0.39 is 5.91 Å². The Balaban J connectivity index is 1.96. The van der Waals surface area contributed by atoms with Gasteiger partial charge in [0.2, 0.25) is 5.91 Å². The predicted octanol–water partition coefficient (Wildman–Crippen LogP) is 2.67. The lowest BCUT2D eigenvalue weighted by molar-refractivity contribution is -0.115. The van der Waals surface area contributed by atoms with Crippen LogP contribution in [0.15, 0.2) is 59.2 Å². The van der Waals surface area contributed by atoms with Crippen molar-refractivity contribution in [2.45, 2.75) is 0 Å². The van der Waals surface area contributed by atoms with Gasteiger partial charge in [-0.1, -0.05) is 30.0 Å². The molecule has 0 bridgehead atoms. The highest BCUT2D eigenvalue weighted by atomic mass is 32.2. The Morgan fingerprint density at radius 2 is 1.86 bits per heavy atom. The number of nitrogens with two attached hydrogens (primary N) is 1. The molecule has 1 aliphatic heterocycles. The van der Waals surface area contributed by atoms with Gasteiger partial charge in [-0.05, 0) is 35.9 Å². The zero-order valence-corrected chi connectivity index (χ0v) is 16.2. The average molecular weight is 397 g/mol. The van der Waals surface area contributed by atoms with Gasteiger partial charge in [-0.2, -0.15) is 0 Å². The van der Waals surface area contributed by atoms with Gasteiger partial charge in [-0.3, -0.25) is 14.5 Å². The lowest BCUT2D eigenvalue weighted by atomic mass is 10.2. The van der Waals surface area contributed by atoms with Gasteiger partial charge in [0.25, 0.3) is 5.91 Å². The molecule has 0 saturated heterocycles. The van der Waals surface area contributed by atoms with Crippen LogP contribution in [0.25, 0.3) is 6.08 Å². The smallest absolute Gasteiger partial charge is 0.283 e. The maximum Gasteiger partial charge on any atom is 0.283 e. The third kappa shape index (κ3) is 4.34. The van der Waals surface area contributed by atoms with Crippen LogP contribution < -0.4 is 20.1 Å². The van der Waals surface area contributed by atoms with Crippen LogP contribution in [0.1, 0.15) is 5.56 Å². The van der Waals surface area contributed by atoms with E-state index in [1.165, 1.54) is 4.90 Å². The molecular weight excluding hydrogens is 378 g/mol. The second-order valence-electron chi connectivity index (χ2n) is 5.79. The highest BCUT2D eigenvalue weighted by Crippen LogP contribution is 2.31. The van der Waals surface area contributed by atoms with E-state index in [1.54, 1.807) is 56.7 Å². The third-order valence-electron chi connectivity index (χ3n) is 3.90. The first-order valence-corrected chi connectivity index (χ1v) is 9.34. The highest BCUT2D eigenvalue weighted by molar-refractivity contribution is 8.14. The van der Waals surface area contributed by atoms with Crippen LogP contribution in [0.4, 0.5) is 5.69 Å². The van der Waals surface area contributed by atoms with Crippen molar-refractivity contribution in [2.75, 3.05) is 24.9 Å². The van der Waals surface area contributed by atoms with Gasteiger partial charge in [-0.25, -0.2) is 4.99 Å². The summed E-state index contributed by atoms with van der Waals surface area (Å²) in [7, 11) is 3.14. The van der Waals surface area contributed by atoms with E-state index in [-0.39, 0.29) is 17.4 Å². The fourth-order valence-electron chi connectivity index (χ4n) is 2.56. The van der Waals surface area contributed by atoms with Crippen molar-refractivity contribution in [1.29, 1.82) is 0 Å². The van der Waals surface area contributed by atoms with Gasteiger partial charge < -0.3 is 15.2 Å². The van der Waals surface area contributed by atoms with Gasteiger partial charge in [0.1, 0.15) is 17.2 Å². The molecule has 8 heteroatoms. The van der Waals surface area contributed by atoms with Crippen LogP contribution in [0, 0.1) is 0 Å². The zero-order chi connectivity index (χ0) is 20.1. The lowest BCUT2D eigenvalue weighted by Crippen LogP contribution is -2.31. The SMILES string of the molecule is COc1ccc(/C=C2/N=C(SCC(N)=O)N(c3cccc(OC)c3)C2=O)cc1. The molecular formula is C20H19N3O4S. The number of rotatable bonds is 6. The molecule has 1 aliphatic rings. The molecule has 28 heavy (non-hydrogen) atoms. The molecule has 1 heterocycles. The molecule has 2 amide bonds. The summed E-state index contributed by atoms with van der Waals surface area (Å²) in [5.41, 5.74) is 6.92. The number of hydrogen-bond donors (Lipinski definition) is 1. The van der Waals surface area contributed by atoms with Gasteiger partial charge >= 0.3 is 0 Å². The van der Waals surface area contributed by atoms with Crippen molar-refractivity contribution < 1.29 is 19.1 Å². The standard InChI is InChI=1S/C20H19N3O4S/c1-26-15-8-6-13(7-9-15)10-17-19(25)23(20(22-17)28-12-18(21)24)14-4-3-5-16(11-14)27-2/h3-11H,12H2,1-2H3,(H2,21,24)/b17-10+. The van der Waals surface area contributed by atoms with Crippen LogP contribution >= 0.6 is 11.8 Å². The van der Waals surface area contributed by atoms with Crippen LogP contribution in [-0.2, 0) is 9.59 Å². The summed E-state index contributed by atoms with van der Waals surface area (Å²) in [6.45, 7) is 0. The first-order chi connectivity index (χ1) is 13.5. The van der Waals surface area contributed by atoms with E-state index in [9.17, 15) is 9.59 Å². The topological polar surface area (TPSA) is 94.2 Å². The molecule has 3 rings (SSSR count). The minimum Gasteiger partial charge on any atom is -0.497 e. The Bertz CT molecular complexity index is 954. The van der Waals surface area contributed by atoms with Crippen molar-refractivity contribution in [3.8, 4) is 11.5 Å². The maximum absolute atomic E-state index is 13.0. The normalized spacial score (nSPS) is 14.9. The predicted molar refractivity (Wildman–Crippen MR) is 111 cm³/mol. The number of anilines is 1. The molecule has 0 aliphatic carbocycles. The molecule has 0 aromatic heterocycles. The Kier molecular flexibility index (Phi) is 6.00. The highest BCUT2D eigenvalue weighted by Gasteiger charge is 2.32. The Morgan fingerprint density at radius 3 is 2.50 bits per heavy atom. The Morgan fingerprint density at radius 1 is 1.14 bits per heavy atom. The summed E-state index contributed by atoms with van der Waals surface area (Å²) >= 11 is 1.11. The molecule has 144 valence electrons. The van der Waals surface area contributed by atoms with Gasteiger partial charge in [0.15, 0.2) is 5.17 Å². The second kappa shape index (κ2) is 8.62. The molecule has 2 N–H and O–H groups in total. The molecule has 0 spiro atoms. The number of aliphatic imine (C=N–C) groups is 1. The molecule has 2 aromatic rings. The largest absolute Gasteiger partial charge is 0.497 e. The van der Waals surface area contributed by atoms with E-state index in [4.69, 9.17) is 15.2 Å². The summed E-state index contributed by atoms with van der Waals surface area (Å²) in [6.07, 6.45) is 1.69. The number of benzene rings is 2. The van der Waals surface area contributed by atoms with Crippen LogP contribution in [0.5, 0.6) is 11.5 Å². The average Bonchev–Trinajstić information content (AvgIpc) is 3.02. The second-order valence-corrected chi connectivity index (χ2v) is 6.74. The van der Waals surface area contributed by atoms with Crippen LogP contribution in [-0.4, -0.2) is 37.0 Å². The summed E-state index contributed by atoms with van der Waals surface area (Å²) < 4.78 is 10.4. The van der Waals surface area contributed by atoms with Crippen molar-refractivity contribution in [1.82, 2.24) is 0 Å². The summed E-state index contributed by atoms with van der Waals surface area (Å²) in [6, 6.07) is 14.3. The van der Waals surface area contributed by atoms with Gasteiger partial charge in [-0.15, -0.1) is 0 Å². The quantitative estimate of drug-likeness (QED) is 0.757. The van der Waals surface area contributed by atoms with Crippen LogP contribution in [0.3, 0.4) is 0 Å². The van der Waals surface area contributed by atoms with Gasteiger partial charge in [0.05, 0.1) is 25.7 Å². The number of primary amides is 1. The minimum atomic E-state index is -0.488. The number of amides is 2. The molecule has 0 unspecified atom stereocenters. The van der Waals surface area contributed by atoms with E-state index in [1.807, 2.05) is 12.1 Å². The van der Waals surface area contributed by atoms with Crippen molar-refractivity contribution in [3.63, 3.8) is 0 Å². The summed E-state index contributed by atoms with van der Waals surface area (Å²) in [5, 5.41) is 0.386. The molecule has 7 nitrogen and oxygen atoms in total. The van der Waals surface area contributed by atoms with Crippen LogP contribution in [0.2, 0.25) is 0 Å². The number of ether oxygens (including phenoxy) is 2. The van der Waals surface area contributed by atoms with Crippen molar-refractivity contribution in [2.24, 2.45) is 10.7 Å². The molecule has 0 radical (unpaired) electrons. The van der Waals surface area contributed by atoms with Gasteiger partial charge in [0, 0.05) is 6.07 Å². The van der Waals surface area contributed by atoms with Crippen molar-refractivity contribution in [3.05, 3.63) is 59.8 Å². The Labute approximate surface area is 166 Å². The first-order valence-electron chi connectivity index (χ1n) is 8.36. The fourth-order valence-corrected chi connectivity index (χ4v) is 3.32. The molecule has 0 fully saturated rings. The van der Waals surface area contributed by atoms with E-state index in [0.29, 0.717) is 16.6 Å². The number of thioether (sulfide) groups is 1. The summed E-state index contributed by atoms with van der Waals surface area (Å²) in [5.74, 6) is 0.563. The maximum atomic E-state index is 13.0. The Hall–Kier alpha value is -3.26. The van der Waals surface area contributed by atoms with E-state index in [0.717, 1.165) is 23.1 Å². The van der Waals surface area contributed by atoms with Crippen molar-refractivity contribution >= 4 is 40.5 Å². The molecule has 2 aromatic carbocycles. The lowest BCUT2D eigenvalue weighted by Gasteiger charge is -2.18. The number of nitrogens with zero attached hydrogens (tertiary/aromatic N) is 2. The monoisotopic (exact) mass is 397 g/mol. The zero-order valence-electron chi connectivity index (χ0n) is 15.4. The van der Waals surface area contributed by atoms with E-state index in [2.05, 4.69) is 4.99 Å². The number of methoxy groups -OCH3 is 2. The number of amidine groups is 1.